The maximum atomic E-state index is 13.6. The molecule has 0 unspecified atom stereocenters. The van der Waals surface area contributed by atoms with E-state index < -0.39 is 42.8 Å². The number of imide groups is 1. The predicted molar refractivity (Wildman–Crippen MR) is 204 cm³/mol. The monoisotopic (exact) mass is 834 g/mol. The first-order chi connectivity index (χ1) is 26.4. The fourth-order valence-electron chi connectivity index (χ4n) is 6.63. The largest absolute Gasteiger partial charge is 1.00 e. The second-order valence-corrected chi connectivity index (χ2v) is 12.8. The van der Waals surface area contributed by atoms with Gasteiger partial charge in [0.25, 0.3) is 11.8 Å². The minimum Gasteiger partial charge on any atom is -0.496 e. The van der Waals surface area contributed by atoms with E-state index in [-0.39, 0.29) is 121 Å². The fraction of sp³-hybridized carbons (Fsp3) is 0.325. The number of anilines is 2. The third-order valence-electron chi connectivity index (χ3n) is 9.28. The van der Waals surface area contributed by atoms with Crippen LogP contribution in [0.5, 0.6) is 11.5 Å². The van der Waals surface area contributed by atoms with Gasteiger partial charge in [-0.1, -0.05) is 24.3 Å². The molecule has 0 spiro atoms. The van der Waals surface area contributed by atoms with Crippen LogP contribution < -0.4 is 122 Å². The molecule has 5 rings (SSSR count). The Balaban J connectivity index is 0.00000435. The van der Waals surface area contributed by atoms with E-state index in [4.69, 9.17) is 14.2 Å². The van der Waals surface area contributed by atoms with Crippen LogP contribution >= 0.6 is 0 Å². The Morgan fingerprint density at radius 2 is 1.44 bits per heavy atom. The second kappa shape index (κ2) is 23.0. The van der Waals surface area contributed by atoms with Crippen LogP contribution in [0.3, 0.4) is 0 Å². The Bertz CT molecular complexity index is 2040. The van der Waals surface area contributed by atoms with Gasteiger partial charge in [-0.2, -0.15) is 0 Å². The van der Waals surface area contributed by atoms with E-state index in [1.54, 1.807) is 44.6 Å². The Kier molecular flexibility index (Phi) is 19.6. The summed E-state index contributed by atoms with van der Waals surface area (Å²) in [4.78, 5) is 65.8. The third-order valence-corrected chi connectivity index (χ3v) is 9.28. The normalized spacial score (nSPS) is 11.8. The number of hydrogen-bond donors (Lipinski definition) is 4. The van der Waals surface area contributed by atoms with Crippen molar-refractivity contribution in [2.75, 3.05) is 76.9 Å². The molecule has 1 heterocycles. The van der Waals surface area contributed by atoms with Crippen LogP contribution in [-0.4, -0.2) is 122 Å². The molecular formula is C40H44K2N4O11+2. The molecule has 4 aromatic carbocycles. The summed E-state index contributed by atoms with van der Waals surface area (Å²) in [5, 5.41) is 32.6. The summed E-state index contributed by atoms with van der Waals surface area (Å²) in [7, 11) is 3.10. The molecule has 57 heavy (non-hydrogen) atoms. The van der Waals surface area contributed by atoms with Gasteiger partial charge in [0.15, 0.2) is 0 Å². The van der Waals surface area contributed by atoms with Crippen molar-refractivity contribution in [3.05, 3.63) is 94.5 Å². The van der Waals surface area contributed by atoms with Gasteiger partial charge >= 0.3 is 121 Å². The zero-order chi connectivity index (χ0) is 39.6. The molecule has 4 N–H and O–H groups in total. The summed E-state index contributed by atoms with van der Waals surface area (Å²) in [6.45, 7) is 3.24. The standard InChI is InChI=1S/C40H44N4O11.2K/c1-4-55-19-18-43(17-16-42(23-35(45)46)24-36(47)48)32-21-33(53-2)27(20-34(32)54-3)14-15-41-31-13-12-30-37-28(31)6-5-7-29(37)38(49)44(39(30)50)22-25-8-10-26(11-9-25)40(51)52;;/h5-13,20-21,41H,4,14-19,22-24H2,1-3H3,(H,45,46)(H,47,48)(H,51,52);;/q;2*+1. The zero-order valence-corrected chi connectivity index (χ0v) is 39.1. The van der Waals surface area contributed by atoms with Gasteiger partial charge < -0.3 is 39.7 Å². The molecule has 15 nitrogen and oxygen atoms in total. The number of nitrogens with zero attached hydrogens (tertiary/aromatic N) is 3. The van der Waals surface area contributed by atoms with Gasteiger partial charge in [0.05, 0.1) is 51.7 Å². The number of carbonyl (C=O) groups excluding carboxylic acids is 2. The average molecular weight is 835 g/mol. The predicted octanol–water partition coefficient (Wildman–Crippen LogP) is -1.67. The maximum absolute atomic E-state index is 13.6. The number of methoxy groups -OCH3 is 2. The van der Waals surface area contributed by atoms with E-state index in [1.165, 1.54) is 21.9 Å². The van der Waals surface area contributed by atoms with E-state index in [9.17, 15) is 39.3 Å². The number of rotatable bonds is 21. The molecule has 0 aliphatic carbocycles. The Morgan fingerprint density at radius 3 is 2.04 bits per heavy atom. The van der Waals surface area contributed by atoms with Crippen molar-refractivity contribution in [1.29, 1.82) is 0 Å². The van der Waals surface area contributed by atoms with Crippen LogP contribution in [0.4, 0.5) is 11.4 Å². The van der Waals surface area contributed by atoms with E-state index in [1.807, 2.05) is 36.1 Å². The number of amides is 2. The molecule has 1 aliphatic heterocycles. The molecular weight excluding hydrogens is 791 g/mol. The maximum Gasteiger partial charge on any atom is 1.00 e. The van der Waals surface area contributed by atoms with Crippen LogP contribution in [0.15, 0.2) is 66.7 Å². The second-order valence-electron chi connectivity index (χ2n) is 12.8. The molecule has 0 fully saturated rings. The smallest absolute Gasteiger partial charge is 0.496 e. The molecule has 1 aliphatic rings. The zero-order valence-electron chi connectivity index (χ0n) is 32.9. The van der Waals surface area contributed by atoms with E-state index in [2.05, 4.69) is 5.32 Å². The summed E-state index contributed by atoms with van der Waals surface area (Å²) in [6, 6.07) is 18.6. The number of aromatic carboxylic acids is 1. The van der Waals surface area contributed by atoms with Crippen LogP contribution in [0.2, 0.25) is 0 Å². The van der Waals surface area contributed by atoms with E-state index >= 15 is 0 Å². The summed E-state index contributed by atoms with van der Waals surface area (Å²) >= 11 is 0. The molecule has 290 valence electrons. The number of hydrogen-bond acceptors (Lipinski definition) is 11. The van der Waals surface area contributed by atoms with Gasteiger partial charge in [0, 0.05) is 66.4 Å². The summed E-state index contributed by atoms with van der Waals surface area (Å²) < 4.78 is 17.2. The summed E-state index contributed by atoms with van der Waals surface area (Å²) in [6.07, 6.45) is 0.499. The van der Waals surface area contributed by atoms with E-state index in [0.717, 1.165) is 11.3 Å². The third kappa shape index (κ3) is 12.3. The first kappa shape index (κ1) is 48.5. The molecule has 0 bridgehead atoms. The van der Waals surface area contributed by atoms with Crippen LogP contribution in [-0.2, 0) is 27.3 Å². The van der Waals surface area contributed by atoms with Gasteiger partial charge in [0.2, 0.25) is 0 Å². The van der Waals surface area contributed by atoms with Crippen molar-refractivity contribution in [3.8, 4) is 11.5 Å². The number of ether oxygens (including phenoxy) is 3. The van der Waals surface area contributed by atoms with Crippen molar-refractivity contribution in [2.24, 2.45) is 0 Å². The van der Waals surface area contributed by atoms with Crippen LogP contribution in [0.1, 0.15) is 49.1 Å². The Hall–Kier alpha value is -2.92. The van der Waals surface area contributed by atoms with Crippen molar-refractivity contribution >= 4 is 51.9 Å². The number of carboxylic acids is 3. The molecule has 0 saturated heterocycles. The molecule has 0 saturated carbocycles. The number of nitrogens with one attached hydrogen (secondary N) is 1. The Labute approximate surface area is 415 Å². The number of carboxylic acid groups (broad SMARTS) is 3. The molecule has 0 aromatic heterocycles. The SMILES string of the molecule is CCOCCN(CCN(CC(=O)O)CC(=O)O)c1cc(OC)c(CCNc2ccc3c4c(cccc24)C(=O)N(Cc2ccc(C(=O)O)cc2)C3=O)cc1OC.[K+].[K+]. The Morgan fingerprint density at radius 1 is 0.789 bits per heavy atom. The average Bonchev–Trinajstić information content (AvgIpc) is 3.16. The van der Waals surface area contributed by atoms with Crippen LogP contribution in [0.25, 0.3) is 10.8 Å². The molecule has 0 radical (unpaired) electrons. The van der Waals surface area contributed by atoms with E-state index in [0.29, 0.717) is 83.9 Å². The summed E-state index contributed by atoms with van der Waals surface area (Å²) in [5.74, 6) is -3.07. The van der Waals surface area contributed by atoms with Crippen molar-refractivity contribution in [3.63, 3.8) is 0 Å². The summed E-state index contributed by atoms with van der Waals surface area (Å²) in [5.41, 5.74) is 3.75. The number of aliphatic carboxylic acids is 2. The quantitative estimate of drug-likeness (QED) is 0.0423. The minimum absolute atomic E-state index is 0. The van der Waals surface area contributed by atoms with Crippen molar-refractivity contribution < 1.29 is 156 Å². The number of benzene rings is 4. The molecule has 0 atom stereocenters. The van der Waals surface area contributed by atoms with Crippen LogP contribution in [0, 0.1) is 0 Å². The first-order valence-electron chi connectivity index (χ1n) is 17.7. The van der Waals surface area contributed by atoms with Gasteiger partial charge in [0.1, 0.15) is 11.5 Å². The van der Waals surface area contributed by atoms with Crippen molar-refractivity contribution in [2.45, 2.75) is 19.9 Å². The van der Waals surface area contributed by atoms with Gasteiger partial charge in [-0.3, -0.25) is 29.0 Å². The molecule has 2 amide bonds. The van der Waals surface area contributed by atoms with Gasteiger partial charge in [-0.05, 0) is 60.9 Å². The fourth-order valence-corrected chi connectivity index (χ4v) is 6.63. The van der Waals surface area contributed by atoms with Gasteiger partial charge in [-0.15, -0.1) is 0 Å². The molecule has 4 aromatic rings. The molecule has 17 heteroatoms. The first-order valence-corrected chi connectivity index (χ1v) is 17.7. The van der Waals surface area contributed by atoms with Crippen molar-refractivity contribution in [1.82, 2.24) is 9.80 Å². The topological polar surface area (TPSA) is 195 Å². The minimum atomic E-state index is -1.13. The number of carbonyl (C=O) groups is 5. The van der Waals surface area contributed by atoms with Gasteiger partial charge in [-0.25, -0.2) is 4.79 Å².